The molecular formula is C26H30ClF3N2O5. The normalized spacial score (nSPS) is 12.1. The number of carbonyl (C=O) groups is 3. The van der Waals surface area contributed by atoms with Gasteiger partial charge in [0.2, 0.25) is 0 Å². The Bertz CT molecular complexity index is 1150. The number of hydrogen-bond donors (Lipinski definition) is 0. The van der Waals surface area contributed by atoms with Crippen molar-refractivity contribution in [2.75, 3.05) is 13.6 Å². The first-order chi connectivity index (χ1) is 16.8. The summed E-state index contributed by atoms with van der Waals surface area (Å²) < 4.78 is 47.5. The summed E-state index contributed by atoms with van der Waals surface area (Å²) >= 11 is 5.81. The first-order valence-electron chi connectivity index (χ1n) is 11.3. The second-order valence-electron chi connectivity index (χ2n) is 10.5. The number of nitrogens with zero attached hydrogens (tertiary/aromatic N) is 2. The Balaban J connectivity index is 2.36. The van der Waals surface area contributed by atoms with E-state index in [4.69, 9.17) is 16.3 Å². The van der Waals surface area contributed by atoms with Gasteiger partial charge in [0.05, 0.1) is 10.6 Å². The molecule has 0 radical (unpaired) electrons. The van der Waals surface area contributed by atoms with E-state index in [9.17, 15) is 27.6 Å². The molecular weight excluding hydrogens is 513 g/mol. The lowest BCUT2D eigenvalue weighted by atomic mass is 9.96. The van der Waals surface area contributed by atoms with E-state index in [-0.39, 0.29) is 28.3 Å². The van der Waals surface area contributed by atoms with Gasteiger partial charge in [0.25, 0.3) is 11.8 Å². The van der Waals surface area contributed by atoms with Crippen LogP contribution < -0.4 is 4.74 Å². The van der Waals surface area contributed by atoms with Gasteiger partial charge in [-0.2, -0.15) is 0 Å². The van der Waals surface area contributed by atoms with E-state index < -0.39 is 40.9 Å². The van der Waals surface area contributed by atoms with Crippen molar-refractivity contribution in [3.05, 3.63) is 64.2 Å². The van der Waals surface area contributed by atoms with Crippen LogP contribution in [0.2, 0.25) is 5.02 Å². The van der Waals surface area contributed by atoms with E-state index in [0.29, 0.717) is 0 Å². The Morgan fingerprint density at radius 2 is 1.35 bits per heavy atom. The van der Waals surface area contributed by atoms with Crippen LogP contribution in [0.1, 0.15) is 72.6 Å². The van der Waals surface area contributed by atoms with Gasteiger partial charge in [-0.3, -0.25) is 14.6 Å². The Kier molecular flexibility index (Phi) is 8.91. The highest BCUT2D eigenvalue weighted by molar-refractivity contribution is 6.32. The number of amides is 2. The highest BCUT2D eigenvalue weighted by atomic mass is 35.5. The smallest absolute Gasteiger partial charge is 0.456 e. The van der Waals surface area contributed by atoms with Crippen molar-refractivity contribution >= 4 is 29.4 Å². The molecule has 0 unspecified atom stereocenters. The molecule has 0 N–H and O–H groups in total. The molecule has 0 aliphatic heterocycles. The molecule has 0 aliphatic rings. The van der Waals surface area contributed by atoms with E-state index in [2.05, 4.69) is 4.74 Å². The predicted molar refractivity (Wildman–Crippen MR) is 132 cm³/mol. The summed E-state index contributed by atoms with van der Waals surface area (Å²) in [5.41, 5.74) is -0.906. The number of alkyl halides is 3. The number of ether oxygens (including phenoxy) is 2. The summed E-state index contributed by atoms with van der Waals surface area (Å²) in [5.74, 6) is -2.60. The van der Waals surface area contributed by atoms with Gasteiger partial charge in [0.1, 0.15) is 11.4 Å². The third kappa shape index (κ3) is 8.96. The first-order valence-corrected chi connectivity index (χ1v) is 11.6. The van der Waals surface area contributed by atoms with E-state index in [0.717, 1.165) is 22.2 Å². The molecule has 0 fully saturated rings. The highest BCUT2D eigenvalue weighted by Crippen LogP contribution is 2.32. The second-order valence-corrected chi connectivity index (χ2v) is 10.9. The van der Waals surface area contributed by atoms with E-state index in [1.54, 1.807) is 20.8 Å². The maximum Gasteiger partial charge on any atom is 0.573 e. The summed E-state index contributed by atoms with van der Waals surface area (Å²) in [7, 11) is 1.37. The van der Waals surface area contributed by atoms with Crippen molar-refractivity contribution in [2.45, 2.75) is 53.5 Å². The van der Waals surface area contributed by atoms with Crippen LogP contribution in [0.25, 0.3) is 0 Å². The molecule has 2 aromatic carbocycles. The monoisotopic (exact) mass is 542 g/mol. The van der Waals surface area contributed by atoms with Crippen LogP contribution in [0, 0.1) is 5.41 Å². The minimum absolute atomic E-state index is 0.0577. The van der Waals surface area contributed by atoms with Gasteiger partial charge >= 0.3 is 12.3 Å². The quantitative estimate of drug-likeness (QED) is 0.324. The zero-order valence-corrected chi connectivity index (χ0v) is 22.5. The van der Waals surface area contributed by atoms with E-state index in [1.807, 2.05) is 20.8 Å². The third-order valence-electron chi connectivity index (χ3n) is 4.68. The molecule has 0 bridgehead atoms. The summed E-state index contributed by atoms with van der Waals surface area (Å²) in [4.78, 5) is 38.9. The Hall–Kier alpha value is -3.27. The minimum atomic E-state index is -5.01. The number of benzene rings is 2. The molecule has 0 saturated heterocycles. The van der Waals surface area contributed by atoms with Gasteiger partial charge < -0.3 is 9.47 Å². The molecule has 2 rings (SSSR count). The fourth-order valence-corrected chi connectivity index (χ4v) is 3.29. The number of carbonyl (C=O) groups excluding carboxylic acids is 3. The van der Waals surface area contributed by atoms with Crippen LogP contribution in [0.15, 0.2) is 42.5 Å². The van der Waals surface area contributed by atoms with Crippen molar-refractivity contribution < 1.29 is 37.0 Å². The van der Waals surface area contributed by atoms with Crippen LogP contribution in [-0.4, -0.2) is 53.4 Å². The molecule has 0 aromatic heterocycles. The zero-order chi connectivity index (χ0) is 28.3. The minimum Gasteiger partial charge on any atom is -0.456 e. The lowest BCUT2D eigenvalue weighted by Gasteiger charge is -2.36. The molecule has 0 atom stereocenters. The maximum absolute atomic E-state index is 13.4. The largest absolute Gasteiger partial charge is 0.573 e. The van der Waals surface area contributed by atoms with Gasteiger partial charge in [-0.15, -0.1) is 13.2 Å². The highest BCUT2D eigenvalue weighted by Gasteiger charge is 2.34. The molecule has 37 heavy (non-hydrogen) atoms. The van der Waals surface area contributed by atoms with Gasteiger partial charge in [0.15, 0.2) is 0 Å². The van der Waals surface area contributed by atoms with Crippen LogP contribution in [-0.2, 0) is 4.74 Å². The number of halogens is 4. The standard InChI is InChI=1S/C26H30ClF3N2O5/c1-24(2,3)15-32(22(34)18-12-13-19(27)20(14-18)36-26(28,29)30)31(7)21(33)16-8-10-17(11-9-16)23(35)37-25(4,5)6/h8-14H,15H2,1-7H3. The van der Waals surface area contributed by atoms with Crippen molar-refractivity contribution in [1.29, 1.82) is 0 Å². The average Bonchev–Trinajstić information content (AvgIpc) is 2.75. The third-order valence-corrected chi connectivity index (χ3v) is 5.00. The molecule has 2 amide bonds. The first kappa shape index (κ1) is 30.0. The molecule has 7 nitrogen and oxygen atoms in total. The summed E-state index contributed by atoms with van der Waals surface area (Å²) in [6.07, 6.45) is -5.01. The van der Waals surface area contributed by atoms with Crippen LogP contribution in [0.4, 0.5) is 13.2 Å². The average molecular weight is 543 g/mol. The lowest BCUT2D eigenvalue weighted by Crippen LogP contribution is -2.50. The maximum atomic E-state index is 13.4. The zero-order valence-electron chi connectivity index (χ0n) is 21.7. The number of hydrazine groups is 1. The van der Waals surface area contributed by atoms with Crippen LogP contribution in [0.3, 0.4) is 0 Å². The molecule has 0 aliphatic carbocycles. The van der Waals surface area contributed by atoms with Gasteiger partial charge in [0, 0.05) is 24.7 Å². The number of esters is 1. The van der Waals surface area contributed by atoms with Crippen molar-refractivity contribution in [3.8, 4) is 5.75 Å². The van der Waals surface area contributed by atoms with Gasteiger partial charge in [-0.25, -0.2) is 9.80 Å². The molecule has 11 heteroatoms. The Morgan fingerprint density at radius 3 is 1.84 bits per heavy atom. The number of hydrogen-bond acceptors (Lipinski definition) is 5. The van der Waals surface area contributed by atoms with Crippen molar-refractivity contribution in [1.82, 2.24) is 10.0 Å². The van der Waals surface area contributed by atoms with E-state index in [1.165, 1.54) is 37.4 Å². The summed E-state index contributed by atoms with van der Waals surface area (Å²) in [6.45, 7) is 10.8. The van der Waals surface area contributed by atoms with Crippen molar-refractivity contribution in [3.63, 3.8) is 0 Å². The molecule has 0 spiro atoms. The van der Waals surface area contributed by atoms with Crippen molar-refractivity contribution in [2.24, 2.45) is 5.41 Å². The van der Waals surface area contributed by atoms with Gasteiger partial charge in [-0.1, -0.05) is 32.4 Å². The number of rotatable bonds is 5. The summed E-state index contributed by atoms with van der Waals surface area (Å²) in [5, 5.41) is 1.88. The molecule has 0 heterocycles. The fourth-order valence-electron chi connectivity index (χ4n) is 3.13. The van der Waals surface area contributed by atoms with Crippen LogP contribution >= 0.6 is 11.6 Å². The molecule has 202 valence electrons. The molecule has 2 aromatic rings. The van der Waals surface area contributed by atoms with Gasteiger partial charge in [-0.05, 0) is 68.7 Å². The summed E-state index contributed by atoms with van der Waals surface area (Å²) in [6, 6.07) is 8.96. The Labute approximate surface area is 219 Å². The SMILES string of the molecule is CN(C(=O)c1ccc(C(=O)OC(C)(C)C)cc1)N(CC(C)(C)C)C(=O)c1ccc(Cl)c(OC(F)(F)F)c1. The predicted octanol–water partition coefficient (Wildman–Crippen LogP) is 6.37. The Morgan fingerprint density at radius 1 is 0.838 bits per heavy atom. The fraction of sp³-hybridized carbons (Fsp3) is 0.423. The van der Waals surface area contributed by atoms with Crippen LogP contribution in [0.5, 0.6) is 5.75 Å². The topological polar surface area (TPSA) is 76.2 Å². The second kappa shape index (κ2) is 11.0. The lowest BCUT2D eigenvalue weighted by molar-refractivity contribution is -0.274. The molecule has 0 saturated carbocycles. The van der Waals surface area contributed by atoms with E-state index >= 15 is 0 Å².